The van der Waals surface area contributed by atoms with Crippen LogP contribution in [0.15, 0.2) is 88.7 Å². The molecule has 0 aliphatic carbocycles. The van der Waals surface area contributed by atoms with Crippen molar-refractivity contribution in [2.45, 2.75) is 22.5 Å². The molecule has 0 saturated carbocycles. The molecule has 0 unspecified atom stereocenters. The van der Waals surface area contributed by atoms with Crippen molar-refractivity contribution in [1.82, 2.24) is 5.32 Å². The Morgan fingerprint density at radius 1 is 0.821 bits per heavy atom. The second kappa shape index (κ2) is 9.82. The first-order valence-electron chi connectivity index (χ1n) is 11.3. The number of sulfone groups is 1. The lowest BCUT2D eigenvalue weighted by Crippen LogP contribution is -2.28. The van der Waals surface area contributed by atoms with Gasteiger partial charge in [0.25, 0.3) is 5.91 Å². The highest BCUT2D eigenvalue weighted by Crippen LogP contribution is 2.40. The van der Waals surface area contributed by atoms with Gasteiger partial charge >= 0.3 is 6.18 Å². The first kappa shape index (κ1) is 26.9. The molecule has 198 valence electrons. The van der Waals surface area contributed by atoms with Crippen LogP contribution in [0, 0.1) is 0 Å². The molecule has 1 aliphatic heterocycles. The summed E-state index contributed by atoms with van der Waals surface area (Å²) in [7, 11) is -4.31. The molecule has 1 heterocycles. The van der Waals surface area contributed by atoms with Gasteiger partial charge in [0, 0.05) is 17.1 Å². The number of halogens is 5. The maximum Gasteiger partial charge on any atom is 0.417 e. The Morgan fingerprint density at radius 3 is 2.23 bits per heavy atom. The van der Waals surface area contributed by atoms with E-state index >= 15 is 0 Å². The number of fused-ring (bicyclic) bond motifs is 2. The van der Waals surface area contributed by atoms with Crippen molar-refractivity contribution in [3.05, 3.63) is 117 Å². The van der Waals surface area contributed by atoms with Crippen LogP contribution in [0.25, 0.3) is 11.1 Å². The molecule has 0 radical (unpaired) electrons. The van der Waals surface area contributed by atoms with E-state index in [9.17, 15) is 31.2 Å². The number of rotatable bonds is 4. The molecule has 1 aliphatic rings. The summed E-state index contributed by atoms with van der Waals surface area (Å²) in [6.45, 7) is 0.0457. The molecule has 0 bridgehead atoms. The van der Waals surface area contributed by atoms with Gasteiger partial charge in [-0.05, 0) is 59.2 Å². The minimum atomic E-state index is -4.72. The van der Waals surface area contributed by atoms with Gasteiger partial charge in [-0.15, -0.1) is 0 Å². The van der Waals surface area contributed by atoms with E-state index in [4.69, 9.17) is 23.2 Å². The number of ketones is 1. The summed E-state index contributed by atoms with van der Waals surface area (Å²) < 4.78 is 67.3. The molecule has 0 spiro atoms. The molecule has 0 fully saturated rings. The molecular formula is C28H16Cl2F3NO4S. The van der Waals surface area contributed by atoms with Crippen molar-refractivity contribution in [3.8, 4) is 11.1 Å². The van der Waals surface area contributed by atoms with Gasteiger partial charge in [0.2, 0.25) is 9.84 Å². The third kappa shape index (κ3) is 4.82. The van der Waals surface area contributed by atoms with E-state index in [-0.39, 0.29) is 44.2 Å². The normalized spacial score (nSPS) is 13.9. The zero-order chi connectivity index (χ0) is 28.1. The van der Waals surface area contributed by atoms with Crippen LogP contribution < -0.4 is 5.32 Å². The summed E-state index contributed by atoms with van der Waals surface area (Å²) >= 11 is 11.8. The zero-order valence-corrected chi connectivity index (χ0v) is 22.0. The number of amides is 1. The van der Waals surface area contributed by atoms with E-state index in [0.29, 0.717) is 10.6 Å². The Bertz CT molecular complexity index is 1790. The monoisotopic (exact) mass is 589 g/mol. The van der Waals surface area contributed by atoms with Crippen LogP contribution in [0.4, 0.5) is 13.2 Å². The van der Waals surface area contributed by atoms with Crippen molar-refractivity contribution in [1.29, 1.82) is 0 Å². The van der Waals surface area contributed by atoms with Gasteiger partial charge in [0.15, 0.2) is 5.78 Å². The van der Waals surface area contributed by atoms with Crippen LogP contribution in [-0.4, -0.2) is 20.1 Å². The van der Waals surface area contributed by atoms with Gasteiger partial charge in [-0.2, -0.15) is 13.2 Å². The highest BCUT2D eigenvalue weighted by Gasteiger charge is 2.38. The Balaban J connectivity index is 1.55. The minimum Gasteiger partial charge on any atom is -0.348 e. The van der Waals surface area contributed by atoms with E-state index in [1.165, 1.54) is 36.4 Å². The summed E-state index contributed by atoms with van der Waals surface area (Å²) in [6, 6.07) is 17.7. The van der Waals surface area contributed by atoms with Crippen molar-refractivity contribution < 1.29 is 31.2 Å². The van der Waals surface area contributed by atoms with Crippen molar-refractivity contribution in [2.75, 3.05) is 0 Å². The standard InChI is InChI=1S/C28H16Cl2F3NO4S/c29-21-6-2-1-4-17(21)14-34-27(36)19-5-3-7-23-25(19)26(35)18-10-8-16(13-24(18)39(23,37)38)15-9-11-22(30)20(12-15)28(31,32)33/h1-13H,14H2,(H,34,36). The van der Waals surface area contributed by atoms with E-state index in [1.54, 1.807) is 24.3 Å². The molecule has 0 atom stereocenters. The fourth-order valence-corrected chi connectivity index (χ4v) is 6.50. The van der Waals surface area contributed by atoms with Crippen LogP contribution in [-0.2, 0) is 22.6 Å². The van der Waals surface area contributed by atoms with E-state index in [1.807, 2.05) is 0 Å². The van der Waals surface area contributed by atoms with E-state index in [2.05, 4.69) is 5.32 Å². The fourth-order valence-electron chi connectivity index (χ4n) is 4.38. The van der Waals surface area contributed by atoms with E-state index in [0.717, 1.165) is 18.2 Å². The average Bonchev–Trinajstić information content (AvgIpc) is 2.90. The minimum absolute atomic E-state index is 0.0457. The molecule has 4 aromatic rings. The first-order valence-corrected chi connectivity index (χ1v) is 13.6. The topological polar surface area (TPSA) is 80.3 Å². The number of carbonyl (C=O) groups excluding carboxylic acids is 2. The Labute approximate surface area is 231 Å². The number of benzene rings is 4. The fraction of sp³-hybridized carbons (Fsp3) is 0.0714. The van der Waals surface area contributed by atoms with Crippen molar-refractivity contribution >= 4 is 44.7 Å². The maximum atomic E-state index is 13.6. The summed E-state index contributed by atoms with van der Waals surface area (Å²) in [5.41, 5.74) is -0.834. The first-order chi connectivity index (χ1) is 18.4. The summed E-state index contributed by atoms with van der Waals surface area (Å²) in [4.78, 5) is 25.8. The summed E-state index contributed by atoms with van der Waals surface area (Å²) in [5.74, 6) is -1.37. The van der Waals surface area contributed by atoms with Crippen LogP contribution >= 0.6 is 23.2 Å². The number of hydrogen-bond acceptors (Lipinski definition) is 4. The molecule has 0 saturated heterocycles. The maximum absolute atomic E-state index is 13.6. The highest BCUT2D eigenvalue weighted by atomic mass is 35.5. The molecular weight excluding hydrogens is 574 g/mol. The van der Waals surface area contributed by atoms with Gasteiger partial charge in [0.05, 0.1) is 31.5 Å². The second-order valence-corrected chi connectivity index (χ2v) is 11.4. The second-order valence-electron chi connectivity index (χ2n) is 8.69. The third-order valence-corrected chi connectivity index (χ3v) is 8.84. The quantitative estimate of drug-likeness (QED) is 0.245. The van der Waals surface area contributed by atoms with Crippen molar-refractivity contribution in [2.24, 2.45) is 0 Å². The Hall–Kier alpha value is -3.66. The lowest BCUT2D eigenvalue weighted by Gasteiger charge is -2.22. The van der Waals surface area contributed by atoms with Gasteiger partial charge in [-0.3, -0.25) is 9.59 Å². The highest BCUT2D eigenvalue weighted by molar-refractivity contribution is 7.91. The van der Waals surface area contributed by atoms with Crippen LogP contribution in [0.1, 0.15) is 37.4 Å². The Morgan fingerprint density at radius 2 is 1.51 bits per heavy atom. The molecule has 1 N–H and O–H groups in total. The van der Waals surface area contributed by atoms with Crippen LogP contribution in [0.3, 0.4) is 0 Å². The molecule has 11 heteroatoms. The lowest BCUT2D eigenvalue weighted by atomic mass is 9.95. The summed E-state index contributed by atoms with van der Waals surface area (Å²) in [5, 5.41) is 2.59. The molecule has 39 heavy (non-hydrogen) atoms. The number of carbonyl (C=O) groups is 2. The van der Waals surface area contributed by atoms with Crippen LogP contribution in [0.2, 0.25) is 10.0 Å². The smallest absolute Gasteiger partial charge is 0.348 e. The largest absolute Gasteiger partial charge is 0.417 e. The number of hydrogen-bond donors (Lipinski definition) is 1. The molecule has 1 amide bonds. The molecule has 5 rings (SSSR count). The number of alkyl halides is 3. The van der Waals surface area contributed by atoms with Gasteiger partial charge in [0.1, 0.15) is 0 Å². The van der Waals surface area contributed by atoms with Crippen LogP contribution in [0.5, 0.6) is 0 Å². The van der Waals surface area contributed by atoms with Crippen molar-refractivity contribution in [3.63, 3.8) is 0 Å². The molecule has 0 aromatic heterocycles. The van der Waals surface area contributed by atoms with Gasteiger partial charge in [-0.1, -0.05) is 59.6 Å². The van der Waals surface area contributed by atoms with Gasteiger partial charge < -0.3 is 5.32 Å². The van der Waals surface area contributed by atoms with Gasteiger partial charge in [-0.25, -0.2) is 8.42 Å². The lowest BCUT2D eigenvalue weighted by molar-refractivity contribution is -0.137. The molecule has 4 aromatic carbocycles. The van der Waals surface area contributed by atoms with E-state index < -0.39 is 38.3 Å². The Kier molecular flexibility index (Phi) is 6.78. The third-order valence-electron chi connectivity index (χ3n) is 6.31. The molecule has 5 nitrogen and oxygen atoms in total. The number of nitrogens with one attached hydrogen (secondary N) is 1. The SMILES string of the molecule is O=C(NCc1ccccc1Cl)c1cccc2c1C(=O)c1ccc(-c3ccc(Cl)c(C(F)(F)F)c3)cc1S2(=O)=O. The zero-order valence-electron chi connectivity index (χ0n) is 19.6. The predicted octanol–water partition coefficient (Wildman–Crippen LogP) is 6.99. The summed E-state index contributed by atoms with van der Waals surface area (Å²) in [6.07, 6.45) is -4.72. The average molecular weight is 590 g/mol. The predicted molar refractivity (Wildman–Crippen MR) is 140 cm³/mol.